The normalized spacial score (nSPS) is 15.4. The Morgan fingerprint density at radius 3 is 2.35 bits per heavy atom. The minimum atomic E-state index is -4.83. The van der Waals surface area contributed by atoms with Crippen LogP contribution in [-0.2, 0) is 32.3 Å². The van der Waals surface area contributed by atoms with E-state index in [0.29, 0.717) is 10.4 Å². The number of nitrogens with zero attached hydrogens (tertiary/aromatic N) is 2. The number of carbonyl (C=O) groups excluding carboxylic acids is 2. The summed E-state index contributed by atoms with van der Waals surface area (Å²) in [6, 6.07) is 9.09. The molecule has 0 unspecified atom stereocenters. The van der Waals surface area contributed by atoms with Crippen molar-refractivity contribution in [1.29, 1.82) is 0 Å². The van der Waals surface area contributed by atoms with Crippen LogP contribution in [0.4, 0.5) is 18.9 Å². The first-order valence-corrected chi connectivity index (χ1v) is 15.4. The number of nitrogens with one attached hydrogen (secondary N) is 1. The Hall–Kier alpha value is -2.79. The van der Waals surface area contributed by atoms with Crippen molar-refractivity contribution in [2.75, 3.05) is 17.1 Å². The third-order valence-electron chi connectivity index (χ3n) is 7.00. The van der Waals surface area contributed by atoms with Gasteiger partial charge in [0.25, 0.3) is 0 Å². The molecule has 0 aromatic heterocycles. The van der Waals surface area contributed by atoms with E-state index in [1.807, 2.05) is 25.1 Å². The summed E-state index contributed by atoms with van der Waals surface area (Å²) in [7, 11) is -4.20. The van der Waals surface area contributed by atoms with E-state index >= 15 is 0 Å². The van der Waals surface area contributed by atoms with Crippen molar-refractivity contribution in [3.63, 3.8) is 0 Å². The Morgan fingerprint density at radius 1 is 1.10 bits per heavy atom. The van der Waals surface area contributed by atoms with Crippen LogP contribution in [0.2, 0.25) is 5.02 Å². The van der Waals surface area contributed by atoms with Gasteiger partial charge < -0.3 is 10.2 Å². The fourth-order valence-corrected chi connectivity index (χ4v) is 6.04. The molecule has 0 aliphatic heterocycles. The van der Waals surface area contributed by atoms with Gasteiger partial charge >= 0.3 is 6.18 Å². The lowest BCUT2D eigenvalue weighted by molar-refractivity contribution is -0.140. The third-order valence-corrected chi connectivity index (χ3v) is 8.47. The molecule has 0 heterocycles. The summed E-state index contributed by atoms with van der Waals surface area (Å²) < 4.78 is 66.6. The standard InChI is InChI=1S/C28H35ClF3N3O4S/c1-4-25(27(37)33-21-11-6-5-7-12-21)34(17-20-10-8-9-19(2)15-20)26(36)18-35(40(3,38)39)22-13-14-24(29)23(16-22)28(30,31)32/h8-10,13-16,21,25H,4-7,11-12,17-18H2,1-3H3,(H,33,37)/t25-/m1/s1. The van der Waals surface area contributed by atoms with Crippen LogP contribution in [0.3, 0.4) is 0 Å². The molecule has 1 saturated carbocycles. The number of hydrogen-bond acceptors (Lipinski definition) is 4. The zero-order chi connectivity index (χ0) is 29.7. The molecular formula is C28H35ClF3N3O4S. The minimum Gasteiger partial charge on any atom is -0.352 e. The van der Waals surface area contributed by atoms with E-state index in [9.17, 15) is 31.2 Å². The quantitative estimate of drug-likeness (QED) is 0.379. The van der Waals surface area contributed by atoms with Crippen molar-refractivity contribution in [2.24, 2.45) is 0 Å². The predicted octanol–water partition coefficient (Wildman–Crippen LogP) is 5.69. The topological polar surface area (TPSA) is 86.8 Å². The van der Waals surface area contributed by atoms with Gasteiger partial charge in [0.05, 0.1) is 22.5 Å². The molecule has 220 valence electrons. The van der Waals surface area contributed by atoms with Crippen molar-refractivity contribution in [3.8, 4) is 0 Å². The molecule has 1 aliphatic rings. The summed E-state index contributed by atoms with van der Waals surface area (Å²) in [6.45, 7) is 2.86. The largest absolute Gasteiger partial charge is 0.417 e. The van der Waals surface area contributed by atoms with Gasteiger partial charge in [0.15, 0.2) is 0 Å². The fourth-order valence-electron chi connectivity index (χ4n) is 4.97. The van der Waals surface area contributed by atoms with E-state index in [-0.39, 0.29) is 30.6 Å². The first kappa shape index (κ1) is 31.7. The molecule has 7 nitrogen and oxygen atoms in total. The molecule has 2 amide bonds. The molecule has 0 radical (unpaired) electrons. The van der Waals surface area contributed by atoms with E-state index < -0.39 is 45.3 Å². The highest BCUT2D eigenvalue weighted by Gasteiger charge is 2.36. The first-order chi connectivity index (χ1) is 18.7. The Kier molecular flexibility index (Phi) is 10.5. The van der Waals surface area contributed by atoms with Crippen molar-refractivity contribution in [3.05, 3.63) is 64.2 Å². The number of hydrogen-bond donors (Lipinski definition) is 1. The number of aryl methyl sites for hydroxylation is 1. The molecule has 1 N–H and O–H groups in total. The molecule has 40 heavy (non-hydrogen) atoms. The number of sulfonamides is 1. The molecule has 1 aliphatic carbocycles. The average molecular weight is 602 g/mol. The first-order valence-electron chi connectivity index (χ1n) is 13.2. The van der Waals surface area contributed by atoms with E-state index in [1.165, 1.54) is 4.90 Å². The minimum absolute atomic E-state index is 0.00593. The van der Waals surface area contributed by atoms with Crippen LogP contribution in [0.1, 0.15) is 62.1 Å². The van der Waals surface area contributed by atoms with Crippen LogP contribution < -0.4 is 9.62 Å². The SMILES string of the molecule is CC[C@H](C(=O)NC1CCCCC1)N(Cc1cccc(C)c1)C(=O)CN(c1ccc(Cl)c(C(F)(F)F)c1)S(C)(=O)=O. The monoisotopic (exact) mass is 601 g/mol. The van der Waals surface area contributed by atoms with Crippen molar-refractivity contribution >= 4 is 39.1 Å². The summed E-state index contributed by atoms with van der Waals surface area (Å²) in [6.07, 6.45) is 1.01. The maximum Gasteiger partial charge on any atom is 0.417 e. The summed E-state index contributed by atoms with van der Waals surface area (Å²) in [5.41, 5.74) is 0.0858. The Labute approximate surface area is 238 Å². The van der Waals surface area contributed by atoms with Crippen LogP contribution in [-0.4, -0.2) is 50.0 Å². The van der Waals surface area contributed by atoms with Crippen LogP contribution in [0.25, 0.3) is 0 Å². The molecule has 3 rings (SSSR count). The Morgan fingerprint density at radius 2 is 1.77 bits per heavy atom. The van der Waals surface area contributed by atoms with Gasteiger partial charge in [-0.25, -0.2) is 8.42 Å². The second-order valence-corrected chi connectivity index (χ2v) is 12.5. The molecule has 12 heteroatoms. The Balaban J connectivity index is 1.97. The van der Waals surface area contributed by atoms with Gasteiger partial charge in [0.1, 0.15) is 12.6 Å². The van der Waals surface area contributed by atoms with Gasteiger partial charge in [0.2, 0.25) is 21.8 Å². The molecule has 1 fully saturated rings. The second kappa shape index (κ2) is 13.2. The lowest BCUT2D eigenvalue weighted by Gasteiger charge is -2.34. The van der Waals surface area contributed by atoms with E-state index in [0.717, 1.165) is 61.6 Å². The van der Waals surface area contributed by atoms with Gasteiger partial charge in [-0.05, 0) is 49.9 Å². The number of amides is 2. The zero-order valence-corrected chi connectivity index (χ0v) is 24.4. The summed E-state index contributed by atoms with van der Waals surface area (Å²) in [5.74, 6) is -1.06. The lowest BCUT2D eigenvalue weighted by Crippen LogP contribution is -2.54. The maximum atomic E-state index is 13.8. The van der Waals surface area contributed by atoms with Gasteiger partial charge in [-0.1, -0.05) is 67.6 Å². The summed E-state index contributed by atoms with van der Waals surface area (Å²) in [5, 5.41) is 2.45. The number of rotatable bonds is 10. The van der Waals surface area contributed by atoms with E-state index in [4.69, 9.17) is 11.6 Å². The Bertz CT molecular complexity index is 1310. The maximum absolute atomic E-state index is 13.8. The van der Waals surface area contributed by atoms with Gasteiger partial charge in [-0.15, -0.1) is 0 Å². The molecule has 2 aromatic carbocycles. The zero-order valence-electron chi connectivity index (χ0n) is 22.8. The molecular weight excluding hydrogens is 567 g/mol. The van der Waals surface area contributed by atoms with Crippen molar-refractivity contribution in [2.45, 2.75) is 77.2 Å². The fraction of sp³-hybridized carbons (Fsp3) is 0.500. The highest BCUT2D eigenvalue weighted by Crippen LogP contribution is 2.37. The summed E-state index contributed by atoms with van der Waals surface area (Å²) >= 11 is 5.73. The smallest absolute Gasteiger partial charge is 0.352 e. The van der Waals surface area contributed by atoms with Crippen LogP contribution >= 0.6 is 11.6 Å². The number of benzene rings is 2. The molecule has 2 aromatic rings. The highest BCUT2D eigenvalue weighted by atomic mass is 35.5. The number of halogens is 4. The number of alkyl halides is 3. The van der Waals surface area contributed by atoms with Crippen molar-refractivity contribution < 1.29 is 31.2 Å². The van der Waals surface area contributed by atoms with Gasteiger partial charge in [-0.2, -0.15) is 13.2 Å². The summed E-state index contributed by atoms with van der Waals surface area (Å²) in [4.78, 5) is 28.5. The van der Waals surface area contributed by atoms with Crippen LogP contribution in [0.15, 0.2) is 42.5 Å². The predicted molar refractivity (Wildman–Crippen MR) is 149 cm³/mol. The van der Waals surface area contributed by atoms with Crippen LogP contribution in [0.5, 0.6) is 0 Å². The highest BCUT2D eigenvalue weighted by molar-refractivity contribution is 7.92. The van der Waals surface area contributed by atoms with E-state index in [1.54, 1.807) is 13.0 Å². The molecule has 0 saturated heterocycles. The average Bonchev–Trinajstić information content (AvgIpc) is 2.87. The van der Waals surface area contributed by atoms with Gasteiger partial charge in [0, 0.05) is 12.6 Å². The molecule has 0 bridgehead atoms. The van der Waals surface area contributed by atoms with E-state index in [2.05, 4.69) is 5.32 Å². The van der Waals surface area contributed by atoms with Crippen molar-refractivity contribution in [1.82, 2.24) is 10.2 Å². The van der Waals surface area contributed by atoms with Crippen LogP contribution in [0, 0.1) is 6.92 Å². The third kappa shape index (κ3) is 8.36. The van der Waals surface area contributed by atoms with Gasteiger partial charge in [-0.3, -0.25) is 13.9 Å². The lowest BCUT2D eigenvalue weighted by atomic mass is 9.95. The molecule has 1 atom stereocenters. The second-order valence-electron chi connectivity index (χ2n) is 10.2. The number of carbonyl (C=O) groups is 2. The number of anilines is 1. The molecule has 0 spiro atoms.